The number of hydrogen-bond donors (Lipinski definition) is 0. The Bertz CT molecular complexity index is 1060. The van der Waals surface area contributed by atoms with Gasteiger partial charge in [-0.05, 0) is 30.3 Å². The van der Waals surface area contributed by atoms with Gasteiger partial charge in [0.05, 0.1) is 12.2 Å². The number of hydrogen-bond acceptors (Lipinski definition) is 4. The highest BCUT2D eigenvalue weighted by molar-refractivity contribution is 5.95. The minimum Gasteiger partial charge on any atom is -0.455 e. The molecule has 0 saturated heterocycles. The van der Waals surface area contributed by atoms with Crippen LogP contribution in [0.5, 0.6) is 23.0 Å². The molecule has 3 aromatic rings. The first-order chi connectivity index (χ1) is 14.5. The van der Waals surface area contributed by atoms with Crippen LogP contribution in [0.1, 0.15) is 5.56 Å². The summed E-state index contributed by atoms with van der Waals surface area (Å²) in [6.45, 7) is -1.50. The van der Waals surface area contributed by atoms with Crippen molar-refractivity contribution in [3.05, 3.63) is 78.4 Å². The normalized spacial score (nSPS) is 13.7. The number of fused-ring (bicyclic) bond motifs is 1. The van der Waals surface area contributed by atoms with Crippen LogP contribution in [0.4, 0.5) is 18.9 Å². The molecule has 0 N–H and O–H groups in total. The van der Waals surface area contributed by atoms with Gasteiger partial charge in [0.15, 0.2) is 23.9 Å². The summed E-state index contributed by atoms with van der Waals surface area (Å²) < 4.78 is 55.3. The van der Waals surface area contributed by atoms with Crippen molar-refractivity contribution >= 4 is 11.6 Å². The second kappa shape index (κ2) is 7.98. The van der Waals surface area contributed by atoms with Gasteiger partial charge < -0.3 is 19.1 Å². The van der Waals surface area contributed by atoms with Crippen LogP contribution in [-0.2, 0) is 11.3 Å². The molecule has 0 aliphatic carbocycles. The standard InChI is InChI=1S/C22H16F3NO4/c23-13-20(27)26(14-15-7-6-12-19-21(15)30-22(24,25)29-19)17-10-4-5-11-18(17)28-16-8-2-1-3-9-16/h1-12H,13-14H2/i23-1. The van der Waals surface area contributed by atoms with Crippen molar-refractivity contribution in [3.8, 4) is 23.0 Å². The summed E-state index contributed by atoms with van der Waals surface area (Å²) in [5, 5.41) is 0. The maximum atomic E-state index is 13.5. The van der Waals surface area contributed by atoms with Gasteiger partial charge in [-0.3, -0.25) is 4.79 Å². The van der Waals surface area contributed by atoms with E-state index < -0.39 is 18.9 Å². The van der Waals surface area contributed by atoms with Crippen LogP contribution in [-0.4, -0.2) is 18.9 Å². The van der Waals surface area contributed by atoms with Crippen LogP contribution in [0.3, 0.4) is 0 Å². The van der Waals surface area contributed by atoms with Crippen molar-refractivity contribution < 1.29 is 32.2 Å². The quantitative estimate of drug-likeness (QED) is 0.549. The Kier molecular flexibility index (Phi) is 5.22. The molecule has 0 radical (unpaired) electrons. The third-order valence-electron chi connectivity index (χ3n) is 4.38. The Morgan fingerprint density at radius 2 is 1.67 bits per heavy atom. The number of ether oxygens (including phenoxy) is 3. The average Bonchev–Trinajstić information content (AvgIpc) is 3.07. The molecule has 1 amide bonds. The van der Waals surface area contributed by atoms with Crippen LogP contribution in [0.15, 0.2) is 72.8 Å². The molecule has 154 valence electrons. The molecule has 5 nitrogen and oxygen atoms in total. The number of amides is 1. The van der Waals surface area contributed by atoms with Gasteiger partial charge in [0.25, 0.3) is 5.91 Å². The monoisotopic (exact) mass is 414 g/mol. The minimum atomic E-state index is -3.80. The zero-order valence-electron chi connectivity index (χ0n) is 15.6. The number of benzene rings is 3. The average molecular weight is 414 g/mol. The number of para-hydroxylation sites is 4. The van der Waals surface area contributed by atoms with Gasteiger partial charge in [0.1, 0.15) is 5.75 Å². The topological polar surface area (TPSA) is 48.0 Å². The van der Waals surface area contributed by atoms with Crippen LogP contribution < -0.4 is 19.1 Å². The lowest BCUT2D eigenvalue weighted by Gasteiger charge is -2.24. The minimum absolute atomic E-state index is 0.154. The van der Waals surface area contributed by atoms with E-state index >= 15 is 0 Å². The molecule has 30 heavy (non-hydrogen) atoms. The number of rotatable bonds is 6. The Hall–Kier alpha value is -3.68. The maximum absolute atomic E-state index is 13.5. The van der Waals surface area contributed by atoms with E-state index in [1.54, 1.807) is 48.5 Å². The Labute approximate surface area is 170 Å². The van der Waals surface area contributed by atoms with Crippen molar-refractivity contribution in [2.75, 3.05) is 11.6 Å². The molecule has 0 bridgehead atoms. The predicted octanol–water partition coefficient (Wildman–Crippen LogP) is 5.30. The summed E-state index contributed by atoms with van der Waals surface area (Å²) in [7, 11) is 0. The summed E-state index contributed by atoms with van der Waals surface area (Å²) in [4.78, 5) is 13.5. The summed E-state index contributed by atoms with van der Waals surface area (Å²) in [5.41, 5.74) is 0.522. The van der Waals surface area contributed by atoms with E-state index in [9.17, 15) is 18.0 Å². The number of alkyl halides is 3. The van der Waals surface area contributed by atoms with Gasteiger partial charge >= 0.3 is 6.29 Å². The second-order valence-electron chi connectivity index (χ2n) is 6.41. The first-order valence-corrected chi connectivity index (χ1v) is 9.03. The van der Waals surface area contributed by atoms with E-state index in [4.69, 9.17) is 4.74 Å². The molecule has 0 spiro atoms. The predicted molar refractivity (Wildman–Crippen MR) is 103 cm³/mol. The number of nitrogens with zero attached hydrogens (tertiary/aromatic N) is 1. The fraction of sp³-hybridized carbons (Fsp3) is 0.136. The van der Waals surface area contributed by atoms with Crippen LogP contribution in [0.2, 0.25) is 0 Å². The molecule has 4 rings (SSSR count). The van der Waals surface area contributed by atoms with Gasteiger partial charge in [-0.1, -0.05) is 42.5 Å². The highest BCUT2D eigenvalue weighted by atomic mass is 19.3. The lowest BCUT2D eigenvalue weighted by atomic mass is 10.1. The molecular weight excluding hydrogens is 398 g/mol. The number of halogens is 3. The first kappa shape index (κ1) is 19.6. The molecule has 0 fully saturated rings. The van der Waals surface area contributed by atoms with Crippen LogP contribution in [0.25, 0.3) is 0 Å². The number of carbonyl (C=O) groups is 1. The Morgan fingerprint density at radius 3 is 2.43 bits per heavy atom. The SMILES string of the molecule is O=C(C[18F])N(Cc1cccc2c1OC(F)(F)O2)c1ccccc1Oc1ccccc1. The highest BCUT2D eigenvalue weighted by Gasteiger charge is 2.44. The van der Waals surface area contributed by atoms with E-state index in [0.717, 1.165) is 4.90 Å². The molecule has 1 heterocycles. The van der Waals surface area contributed by atoms with Crippen molar-refractivity contribution in [3.63, 3.8) is 0 Å². The second-order valence-corrected chi connectivity index (χ2v) is 6.41. The van der Waals surface area contributed by atoms with E-state index in [1.165, 1.54) is 18.2 Å². The van der Waals surface area contributed by atoms with Crippen LogP contribution >= 0.6 is 0 Å². The van der Waals surface area contributed by atoms with Crippen LogP contribution in [0, 0.1) is 0 Å². The smallest absolute Gasteiger partial charge is 0.455 e. The summed E-state index contributed by atoms with van der Waals surface area (Å²) in [5.74, 6) is -0.378. The van der Waals surface area contributed by atoms with E-state index in [2.05, 4.69) is 9.47 Å². The molecule has 1 aliphatic rings. The summed E-state index contributed by atoms with van der Waals surface area (Å²) >= 11 is 0. The van der Waals surface area contributed by atoms with Crippen molar-refractivity contribution in [1.29, 1.82) is 0 Å². The van der Waals surface area contributed by atoms with Crippen molar-refractivity contribution in [2.45, 2.75) is 12.8 Å². The fourth-order valence-electron chi connectivity index (χ4n) is 3.08. The van der Waals surface area contributed by atoms with Crippen molar-refractivity contribution in [1.82, 2.24) is 0 Å². The summed E-state index contributed by atoms with van der Waals surface area (Å²) in [6, 6.07) is 19.8. The molecule has 1 aliphatic heterocycles. The Balaban J connectivity index is 1.70. The summed E-state index contributed by atoms with van der Waals surface area (Å²) in [6.07, 6.45) is -3.80. The molecule has 0 saturated carbocycles. The van der Waals surface area contributed by atoms with Gasteiger partial charge in [-0.2, -0.15) is 0 Å². The lowest BCUT2D eigenvalue weighted by Crippen LogP contribution is -2.32. The zero-order chi connectivity index (χ0) is 21.1. The number of carbonyl (C=O) groups excluding carboxylic acids is 1. The van der Waals surface area contributed by atoms with E-state index in [-0.39, 0.29) is 29.3 Å². The molecule has 8 heteroatoms. The van der Waals surface area contributed by atoms with Gasteiger partial charge in [0, 0.05) is 5.56 Å². The van der Waals surface area contributed by atoms with Gasteiger partial charge in [-0.25, -0.2) is 4.39 Å². The van der Waals surface area contributed by atoms with Gasteiger partial charge in [0.2, 0.25) is 0 Å². The van der Waals surface area contributed by atoms with Gasteiger partial charge in [-0.15, -0.1) is 8.78 Å². The maximum Gasteiger partial charge on any atom is 0.586 e. The first-order valence-electron chi connectivity index (χ1n) is 9.03. The molecular formula is C22H16F3NO4. The molecule has 0 atom stereocenters. The zero-order valence-corrected chi connectivity index (χ0v) is 15.6. The highest BCUT2D eigenvalue weighted by Crippen LogP contribution is 2.44. The number of anilines is 1. The molecule has 0 unspecified atom stereocenters. The third kappa shape index (κ3) is 4.03. The Morgan fingerprint density at radius 1 is 0.933 bits per heavy atom. The fourth-order valence-corrected chi connectivity index (χ4v) is 3.08. The molecule has 3 aromatic carbocycles. The van der Waals surface area contributed by atoms with E-state index in [0.29, 0.717) is 11.5 Å². The largest absolute Gasteiger partial charge is 0.586 e. The molecule has 0 aromatic heterocycles. The lowest BCUT2D eigenvalue weighted by molar-refractivity contribution is -0.286. The third-order valence-corrected chi connectivity index (χ3v) is 4.38. The van der Waals surface area contributed by atoms with Crippen molar-refractivity contribution in [2.24, 2.45) is 0 Å². The van der Waals surface area contributed by atoms with E-state index in [1.807, 2.05) is 6.07 Å².